The lowest BCUT2D eigenvalue weighted by molar-refractivity contribution is 0.119. The first kappa shape index (κ1) is 14.9. The number of anilines is 1. The quantitative estimate of drug-likeness (QED) is 0.872. The van der Waals surface area contributed by atoms with Crippen LogP contribution >= 0.6 is 11.6 Å². The molecule has 5 heteroatoms. The van der Waals surface area contributed by atoms with E-state index < -0.39 is 0 Å². The van der Waals surface area contributed by atoms with E-state index in [2.05, 4.69) is 10.6 Å². The highest BCUT2D eigenvalue weighted by Crippen LogP contribution is 2.27. The SMILES string of the molecule is Cc1cc(C)c(NC(=O)NC=C2CCOCC2)c(Cl)c1. The molecule has 1 aromatic carbocycles. The van der Waals surface area contributed by atoms with Crippen LogP contribution in [-0.2, 0) is 4.74 Å². The highest BCUT2D eigenvalue weighted by Gasteiger charge is 2.09. The molecular formula is C15H19ClN2O2. The Hall–Kier alpha value is -1.52. The molecule has 0 unspecified atom stereocenters. The third-order valence-corrected chi connectivity index (χ3v) is 3.51. The predicted octanol–water partition coefficient (Wildman–Crippen LogP) is 3.77. The second kappa shape index (κ2) is 6.77. The Morgan fingerprint density at radius 1 is 1.30 bits per heavy atom. The number of rotatable bonds is 2. The third kappa shape index (κ3) is 3.99. The maximum Gasteiger partial charge on any atom is 0.323 e. The standard InChI is InChI=1S/C15H19ClN2O2/c1-10-7-11(2)14(13(16)8-10)18-15(19)17-9-12-3-5-20-6-4-12/h7-9H,3-6H2,1-2H3,(H2,17,18,19). The van der Waals surface area contributed by atoms with Crippen molar-refractivity contribution in [3.05, 3.63) is 40.1 Å². The van der Waals surface area contributed by atoms with Crippen LogP contribution in [0.25, 0.3) is 0 Å². The lowest BCUT2D eigenvalue weighted by atomic mass is 10.1. The number of aryl methyl sites for hydroxylation is 2. The van der Waals surface area contributed by atoms with Crippen LogP contribution in [0.15, 0.2) is 23.9 Å². The Kier molecular flexibility index (Phi) is 5.04. The highest BCUT2D eigenvalue weighted by molar-refractivity contribution is 6.34. The summed E-state index contributed by atoms with van der Waals surface area (Å²) >= 11 is 6.15. The van der Waals surface area contributed by atoms with Crippen LogP contribution in [0.4, 0.5) is 10.5 Å². The summed E-state index contributed by atoms with van der Waals surface area (Å²) in [5.41, 5.74) is 3.87. The number of amides is 2. The van der Waals surface area contributed by atoms with E-state index in [1.54, 1.807) is 6.20 Å². The van der Waals surface area contributed by atoms with Crippen LogP contribution < -0.4 is 10.6 Å². The zero-order valence-corrected chi connectivity index (χ0v) is 12.5. The lowest BCUT2D eigenvalue weighted by Gasteiger charge is -2.15. The fourth-order valence-corrected chi connectivity index (χ4v) is 2.54. The van der Waals surface area contributed by atoms with Gasteiger partial charge in [-0.2, -0.15) is 0 Å². The number of urea groups is 1. The van der Waals surface area contributed by atoms with Gasteiger partial charge in [-0.3, -0.25) is 0 Å². The molecule has 0 bridgehead atoms. The molecule has 1 saturated heterocycles. The van der Waals surface area contributed by atoms with Crippen molar-refractivity contribution in [3.8, 4) is 0 Å². The molecule has 2 rings (SSSR count). The molecule has 0 radical (unpaired) electrons. The van der Waals surface area contributed by atoms with Gasteiger partial charge in [0, 0.05) is 6.20 Å². The summed E-state index contributed by atoms with van der Waals surface area (Å²) in [6.07, 6.45) is 3.49. The summed E-state index contributed by atoms with van der Waals surface area (Å²) < 4.78 is 5.26. The van der Waals surface area contributed by atoms with Gasteiger partial charge in [-0.15, -0.1) is 0 Å². The summed E-state index contributed by atoms with van der Waals surface area (Å²) in [4.78, 5) is 11.9. The summed E-state index contributed by atoms with van der Waals surface area (Å²) in [6.45, 7) is 5.33. The fraction of sp³-hybridized carbons (Fsp3) is 0.400. The molecule has 0 atom stereocenters. The molecular weight excluding hydrogens is 276 g/mol. The molecule has 0 saturated carbocycles. The zero-order chi connectivity index (χ0) is 14.5. The number of nitrogens with one attached hydrogen (secondary N) is 2. The third-order valence-electron chi connectivity index (χ3n) is 3.21. The topological polar surface area (TPSA) is 50.4 Å². The minimum Gasteiger partial charge on any atom is -0.381 e. The number of ether oxygens (including phenoxy) is 1. The van der Waals surface area contributed by atoms with E-state index in [1.807, 2.05) is 26.0 Å². The lowest BCUT2D eigenvalue weighted by Crippen LogP contribution is -2.25. The normalized spacial score (nSPS) is 14.8. The Labute approximate surface area is 124 Å². The molecule has 0 aromatic heterocycles. The smallest absolute Gasteiger partial charge is 0.323 e. The molecule has 0 aliphatic carbocycles. The molecule has 0 spiro atoms. The van der Waals surface area contributed by atoms with Crippen molar-refractivity contribution in [3.63, 3.8) is 0 Å². The zero-order valence-electron chi connectivity index (χ0n) is 11.8. The van der Waals surface area contributed by atoms with E-state index in [0.29, 0.717) is 10.7 Å². The first-order valence-corrected chi connectivity index (χ1v) is 7.04. The molecule has 1 fully saturated rings. The van der Waals surface area contributed by atoms with E-state index in [9.17, 15) is 4.79 Å². The van der Waals surface area contributed by atoms with Crippen LogP contribution in [-0.4, -0.2) is 19.2 Å². The molecule has 20 heavy (non-hydrogen) atoms. The van der Waals surface area contributed by atoms with Crippen LogP contribution in [0.3, 0.4) is 0 Å². The van der Waals surface area contributed by atoms with E-state index >= 15 is 0 Å². The van der Waals surface area contributed by atoms with E-state index in [4.69, 9.17) is 16.3 Å². The van der Waals surface area contributed by atoms with Crippen molar-refractivity contribution in [1.29, 1.82) is 0 Å². The van der Waals surface area contributed by atoms with Gasteiger partial charge in [-0.05, 0) is 49.5 Å². The van der Waals surface area contributed by atoms with E-state index in [0.717, 1.165) is 37.2 Å². The van der Waals surface area contributed by atoms with Crippen LogP contribution in [0, 0.1) is 13.8 Å². The Morgan fingerprint density at radius 2 is 2.00 bits per heavy atom. The van der Waals surface area contributed by atoms with E-state index in [1.165, 1.54) is 5.57 Å². The Balaban J connectivity index is 1.98. The van der Waals surface area contributed by atoms with Crippen molar-refractivity contribution < 1.29 is 9.53 Å². The molecule has 2 amide bonds. The molecule has 1 aliphatic rings. The first-order valence-electron chi connectivity index (χ1n) is 6.66. The molecule has 4 nitrogen and oxygen atoms in total. The average molecular weight is 295 g/mol. The fourth-order valence-electron chi connectivity index (χ4n) is 2.17. The number of carbonyl (C=O) groups is 1. The van der Waals surface area contributed by atoms with Gasteiger partial charge in [0.2, 0.25) is 0 Å². The summed E-state index contributed by atoms with van der Waals surface area (Å²) in [5, 5.41) is 6.08. The first-order chi connectivity index (χ1) is 9.56. The monoisotopic (exact) mass is 294 g/mol. The number of halogens is 1. The molecule has 1 aromatic rings. The van der Waals surface area contributed by atoms with Crippen LogP contribution in [0.2, 0.25) is 5.02 Å². The number of hydrogen-bond donors (Lipinski definition) is 2. The Bertz CT molecular complexity index is 510. The molecule has 2 N–H and O–H groups in total. The Morgan fingerprint density at radius 3 is 2.65 bits per heavy atom. The van der Waals surface area contributed by atoms with Crippen LogP contribution in [0.5, 0.6) is 0 Å². The van der Waals surface area contributed by atoms with Crippen molar-refractivity contribution in [1.82, 2.24) is 5.32 Å². The van der Waals surface area contributed by atoms with Gasteiger partial charge in [0.05, 0.1) is 23.9 Å². The second-order valence-corrected chi connectivity index (χ2v) is 5.36. The van der Waals surface area contributed by atoms with E-state index in [-0.39, 0.29) is 6.03 Å². The minimum absolute atomic E-state index is 0.280. The van der Waals surface area contributed by atoms with Crippen molar-refractivity contribution in [2.75, 3.05) is 18.5 Å². The van der Waals surface area contributed by atoms with Gasteiger partial charge in [-0.25, -0.2) is 4.79 Å². The molecule has 1 heterocycles. The van der Waals surface area contributed by atoms with Gasteiger partial charge >= 0.3 is 6.03 Å². The molecule has 108 valence electrons. The van der Waals surface area contributed by atoms with Crippen molar-refractivity contribution in [2.45, 2.75) is 26.7 Å². The van der Waals surface area contributed by atoms with Crippen molar-refractivity contribution >= 4 is 23.3 Å². The summed E-state index contributed by atoms with van der Waals surface area (Å²) in [5.74, 6) is 0. The number of carbonyl (C=O) groups excluding carboxylic acids is 1. The largest absolute Gasteiger partial charge is 0.381 e. The average Bonchev–Trinajstić information content (AvgIpc) is 2.42. The second-order valence-electron chi connectivity index (χ2n) is 4.95. The number of benzene rings is 1. The maximum atomic E-state index is 11.9. The molecule has 1 aliphatic heterocycles. The van der Waals surface area contributed by atoms with Crippen molar-refractivity contribution in [2.24, 2.45) is 0 Å². The van der Waals surface area contributed by atoms with Gasteiger partial charge in [0.25, 0.3) is 0 Å². The maximum absolute atomic E-state index is 11.9. The predicted molar refractivity (Wildman–Crippen MR) is 81.2 cm³/mol. The number of hydrogen-bond acceptors (Lipinski definition) is 2. The minimum atomic E-state index is -0.280. The van der Waals surface area contributed by atoms with Gasteiger partial charge in [0.15, 0.2) is 0 Å². The summed E-state index contributed by atoms with van der Waals surface area (Å²) in [7, 11) is 0. The van der Waals surface area contributed by atoms with Gasteiger partial charge < -0.3 is 15.4 Å². The van der Waals surface area contributed by atoms with Gasteiger partial charge in [-0.1, -0.05) is 17.7 Å². The highest BCUT2D eigenvalue weighted by atomic mass is 35.5. The summed E-state index contributed by atoms with van der Waals surface area (Å²) in [6, 6.07) is 3.54. The van der Waals surface area contributed by atoms with Gasteiger partial charge in [0.1, 0.15) is 0 Å². The van der Waals surface area contributed by atoms with Crippen LogP contribution in [0.1, 0.15) is 24.0 Å².